The number of carbonyl (C=O) groups is 7. The lowest BCUT2D eigenvalue weighted by Crippen LogP contribution is -2.59. The summed E-state index contributed by atoms with van der Waals surface area (Å²) in [5.41, 5.74) is 6.83. The van der Waals surface area contributed by atoms with Crippen LogP contribution in [0.25, 0.3) is 0 Å². The monoisotopic (exact) mass is 1320 g/mol. The van der Waals surface area contributed by atoms with Crippen LogP contribution in [0.15, 0.2) is 128 Å². The van der Waals surface area contributed by atoms with E-state index in [1.807, 2.05) is 114 Å². The maximum absolute atomic E-state index is 14.9. The lowest BCUT2D eigenvalue weighted by atomic mass is 9.92. The summed E-state index contributed by atoms with van der Waals surface area (Å²) in [7, 11) is 3.46. The van der Waals surface area contributed by atoms with Gasteiger partial charge in [-0.05, 0) is 145 Å². The normalized spacial score (nSPS) is 21.7. The number of aryl methyl sites for hydroxylation is 5. The molecule has 97 heavy (non-hydrogen) atoms. The van der Waals surface area contributed by atoms with E-state index >= 15 is 0 Å². The summed E-state index contributed by atoms with van der Waals surface area (Å²) in [6.07, 6.45) is 16.2. The van der Waals surface area contributed by atoms with Crippen LogP contribution in [0, 0.1) is 11.8 Å². The first-order valence-electron chi connectivity index (χ1n) is 35.5. The second-order valence-corrected chi connectivity index (χ2v) is 26.7. The molecule has 0 unspecified atom stereocenters. The molecular formula is C74H100N16O7. The molecule has 0 saturated carbocycles. The number of hydrogen-bond donors (Lipinski definition) is 8. The summed E-state index contributed by atoms with van der Waals surface area (Å²) in [4.78, 5) is 102. The number of fused-ring (bicyclic) bond motifs is 2. The van der Waals surface area contributed by atoms with Crippen LogP contribution >= 0.6 is 0 Å². The molecule has 0 aliphatic carbocycles. The van der Waals surface area contributed by atoms with Crippen molar-refractivity contribution in [2.75, 3.05) is 27.2 Å². The average Bonchev–Trinajstić information content (AvgIpc) is 1.66. The van der Waals surface area contributed by atoms with Gasteiger partial charge in [-0.2, -0.15) is 0 Å². The van der Waals surface area contributed by atoms with Gasteiger partial charge in [0.25, 0.3) is 0 Å². The van der Waals surface area contributed by atoms with Gasteiger partial charge in [0.2, 0.25) is 41.4 Å². The predicted molar refractivity (Wildman–Crippen MR) is 369 cm³/mol. The third-order valence-corrected chi connectivity index (χ3v) is 20.2. The number of nitrogens with one attached hydrogen (secondary N) is 8. The van der Waals surface area contributed by atoms with Crippen LogP contribution in [-0.2, 0) is 79.0 Å². The largest absolute Gasteiger partial charge is 0.356 e. The van der Waals surface area contributed by atoms with Crippen molar-refractivity contribution in [2.45, 2.75) is 210 Å². The van der Waals surface area contributed by atoms with E-state index in [2.05, 4.69) is 99.6 Å². The fourth-order valence-corrected chi connectivity index (χ4v) is 14.6. The third-order valence-electron chi connectivity index (χ3n) is 20.2. The second kappa shape index (κ2) is 35.5. The summed E-state index contributed by atoms with van der Waals surface area (Å²) in [6, 6.07) is 33.5. The van der Waals surface area contributed by atoms with Crippen LogP contribution in [-0.4, -0.2) is 157 Å². The highest BCUT2D eigenvalue weighted by Crippen LogP contribution is 2.37. The minimum absolute atomic E-state index is 0.117. The first-order chi connectivity index (χ1) is 47.3. The number of nitrogens with zero attached hydrogens (tertiary/aromatic N) is 8. The van der Waals surface area contributed by atoms with Crippen molar-refractivity contribution >= 4 is 41.4 Å². The Kier molecular flexibility index (Phi) is 26.1. The first-order valence-corrected chi connectivity index (χ1v) is 35.5. The Balaban J connectivity index is 0.647. The summed E-state index contributed by atoms with van der Waals surface area (Å²) in [5.74, 6) is -2.17. The highest BCUT2D eigenvalue weighted by Gasteiger charge is 2.50. The van der Waals surface area contributed by atoms with Gasteiger partial charge in [0.05, 0.1) is 30.0 Å². The van der Waals surface area contributed by atoms with Crippen molar-refractivity contribution in [3.8, 4) is 0 Å². The topological polar surface area (TPSA) is 284 Å². The summed E-state index contributed by atoms with van der Waals surface area (Å²) in [5, 5.41) is 43.0. The highest BCUT2D eigenvalue weighted by molar-refractivity contribution is 5.95. The minimum Gasteiger partial charge on any atom is -0.356 e. The lowest BCUT2D eigenvalue weighted by molar-refractivity contribution is -0.143. The van der Waals surface area contributed by atoms with E-state index in [1.165, 1.54) is 11.1 Å². The summed E-state index contributed by atoms with van der Waals surface area (Å²) < 4.78 is 3.67. The number of hydrogen-bond acceptors (Lipinski definition) is 14. The Morgan fingerprint density at radius 2 is 1.01 bits per heavy atom. The number of carbonyl (C=O) groups excluding carboxylic acids is 7. The number of likely N-dealkylation sites (N-methyl/N-ethyl adjacent to an activating group) is 2. The number of benzene rings is 4. The molecule has 4 saturated heterocycles. The maximum atomic E-state index is 14.9. The fraction of sp³-hybridized carbons (Fsp3) is 0.527. The molecule has 8 N–H and O–H groups in total. The number of amides is 7. The molecule has 4 fully saturated rings. The third kappa shape index (κ3) is 19.1. The van der Waals surface area contributed by atoms with Gasteiger partial charge in [-0.1, -0.05) is 140 Å². The van der Waals surface area contributed by atoms with Gasteiger partial charge in [0.1, 0.15) is 29.9 Å². The van der Waals surface area contributed by atoms with Gasteiger partial charge in [-0.25, -0.2) is 0 Å². The van der Waals surface area contributed by atoms with Crippen molar-refractivity contribution in [3.05, 3.63) is 167 Å². The predicted octanol–water partition coefficient (Wildman–Crippen LogP) is 5.78. The molecular weight excluding hydrogens is 1220 g/mol. The highest BCUT2D eigenvalue weighted by atomic mass is 16.2. The number of rotatable bonds is 34. The molecule has 11 atom stereocenters. The minimum atomic E-state index is -0.903. The van der Waals surface area contributed by atoms with Crippen LogP contribution < -0.4 is 42.5 Å². The smallest absolute Gasteiger partial charge is 0.246 e. The van der Waals surface area contributed by atoms with Crippen molar-refractivity contribution < 1.29 is 33.6 Å². The molecule has 4 aliphatic rings. The Hall–Kier alpha value is -8.67. The van der Waals surface area contributed by atoms with Gasteiger partial charge in [0.15, 0.2) is 0 Å². The van der Waals surface area contributed by atoms with Gasteiger partial charge in [-0.15, -0.1) is 10.2 Å². The van der Waals surface area contributed by atoms with E-state index in [9.17, 15) is 33.6 Å². The molecule has 4 aliphatic heterocycles. The molecule has 6 heterocycles. The molecule has 4 aromatic carbocycles. The zero-order chi connectivity index (χ0) is 68.0. The number of aromatic nitrogens is 6. The van der Waals surface area contributed by atoms with Crippen molar-refractivity contribution in [1.82, 2.24) is 82.3 Å². The lowest BCUT2D eigenvalue weighted by Gasteiger charge is -2.33. The van der Waals surface area contributed by atoms with E-state index in [-0.39, 0.29) is 78.2 Å². The molecule has 0 radical (unpaired) electrons. The van der Waals surface area contributed by atoms with Crippen LogP contribution in [0.5, 0.6) is 0 Å². The molecule has 518 valence electrons. The van der Waals surface area contributed by atoms with Gasteiger partial charge < -0.3 is 52.3 Å². The number of unbranched alkanes of at least 4 members (excludes halogenated alkanes) is 2. The molecule has 6 aromatic rings. The quantitative estimate of drug-likeness (QED) is 0.0223. The van der Waals surface area contributed by atoms with E-state index in [4.69, 9.17) is 0 Å². The van der Waals surface area contributed by atoms with Gasteiger partial charge in [0, 0.05) is 82.2 Å². The molecule has 7 amide bonds. The molecule has 0 bridgehead atoms. The second-order valence-electron chi connectivity index (χ2n) is 26.7. The van der Waals surface area contributed by atoms with Crippen molar-refractivity contribution in [2.24, 2.45) is 11.8 Å². The van der Waals surface area contributed by atoms with Crippen molar-refractivity contribution in [1.29, 1.82) is 0 Å². The molecule has 23 heteroatoms. The molecule has 0 spiro atoms. The Morgan fingerprint density at radius 1 is 0.515 bits per heavy atom. The van der Waals surface area contributed by atoms with Crippen LogP contribution in [0.4, 0.5) is 0 Å². The van der Waals surface area contributed by atoms with E-state index in [0.717, 1.165) is 73.8 Å². The molecule has 2 aromatic heterocycles. The Morgan fingerprint density at radius 3 is 1.56 bits per heavy atom. The van der Waals surface area contributed by atoms with E-state index < -0.39 is 42.3 Å². The standard InChI is InChI=1S/C74H100N16O7/c1-5-60(75-3)69(92)81-67-55(46-77-44-52-22-10-7-11-23-52)32-35-59-38-40-64(90(59)73(67)96)72(95)80-66(54-26-14-9-15-27-54)62-49-88(86-84-62)43-19-17-21-51-30-28-50(29-31-51)20-16-18-42-87-48-57(83-85-87)34-41-65(91)78-47-56-33-36-58-37-39-63(71(94)79-45-53-24-12-8-13-25-53)89(58)74(97)68(56)82-70(93)61(6-2)76-4/h7-15,22-31,48-49,55-56,58-61,63-64,66-68,75-77H,5-6,16-21,32-47H2,1-4H3,(H,78,91)(H,79,94)(H,80,95)(H,81,92)(H,82,93)/t55-,56-,58+,59+,60+,61+,63+,64+,66+,67+,68+/m1/s1. The zero-order valence-corrected chi connectivity index (χ0v) is 56.9. The van der Waals surface area contributed by atoms with Crippen molar-refractivity contribution in [3.63, 3.8) is 0 Å². The molecule has 10 rings (SSSR count). The van der Waals surface area contributed by atoms with Crippen LogP contribution in [0.3, 0.4) is 0 Å². The van der Waals surface area contributed by atoms with Gasteiger partial charge in [-0.3, -0.25) is 42.9 Å². The van der Waals surface area contributed by atoms with E-state index in [1.54, 1.807) is 23.9 Å². The maximum Gasteiger partial charge on any atom is 0.246 e. The van der Waals surface area contributed by atoms with E-state index in [0.29, 0.717) is 96.2 Å². The Bertz CT molecular complexity index is 3510. The Labute approximate surface area is 570 Å². The summed E-state index contributed by atoms with van der Waals surface area (Å²) >= 11 is 0. The summed E-state index contributed by atoms with van der Waals surface area (Å²) in [6.45, 7) is 6.93. The van der Waals surface area contributed by atoms with Gasteiger partial charge >= 0.3 is 0 Å². The van der Waals surface area contributed by atoms with Crippen LogP contribution in [0.2, 0.25) is 0 Å². The fourth-order valence-electron chi connectivity index (χ4n) is 14.6. The first kappa shape index (κ1) is 71.1. The average molecular weight is 1330 g/mol. The molecule has 23 nitrogen and oxygen atoms in total. The SMILES string of the molecule is CC[C@H](NC)C(=O)N[C@@H]1C(=O)N2[C@@H](CC[C@@H]1CNC(=O)CCc1cn(CCCCc3ccc(CCCCn4cc([C@@H](NC(=O)[C@@H]5CC[C@@H]6CC[C@H](CNCc7ccccc7)[C@H](NC(=O)[C@H](CC)NC)C(=O)N65)c5ccccc5)nn4)cc3)nn1)CC[C@H]2C(=O)NCc1ccccc1. The zero-order valence-electron chi connectivity index (χ0n) is 56.9. The van der Waals surface area contributed by atoms with Crippen LogP contribution in [0.1, 0.15) is 155 Å².